The van der Waals surface area contributed by atoms with E-state index in [1.807, 2.05) is 7.05 Å². The predicted molar refractivity (Wildman–Crippen MR) is 71.0 cm³/mol. The largest absolute Gasteiger partial charge is 0.481 e. The van der Waals surface area contributed by atoms with Gasteiger partial charge in [-0.2, -0.15) is 0 Å². The third-order valence-corrected chi connectivity index (χ3v) is 4.48. The summed E-state index contributed by atoms with van der Waals surface area (Å²) in [5, 5.41) is 9.26. The number of aliphatic carboxylic acids is 1. The molecule has 0 radical (unpaired) electrons. The molecule has 3 unspecified atom stereocenters. The van der Waals surface area contributed by atoms with E-state index in [1.54, 1.807) is 0 Å². The molecule has 0 bridgehead atoms. The van der Waals surface area contributed by atoms with E-state index in [1.165, 1.54) is 11.1 Å². The van der Waals surface area contributed by atoms with Crippen LogP contribution in [0, 0.1) is 5.92 Å². The molecule has 1 heterocycles. The van der Waals surface area contributed by atoms with Gasteiger partial charge in [-0.3, -0.25) is 9.69 Å². The number of ether oxygens (including phenoxy) is 1. The number of fused-ring (bicyclic) bond motifs is 1. The van der Waals surface area contributed by atoms with Crippen LogP contribution in [0.2, 0.25) is 0 Å². The van der Waals surface area contributed by atoms with Gasteiger partial charge in [0.15, 0.2) is 0 Å². The number of hydrogen-bond donors (Lipinski definition) is 1. The molecule has 1 aromatic carbocycles. The van der Waals surface area contributed by atoms with Crippen molar-refractivity contribution in [3.05, 3.63) is 35.4 Å². The molecule has 0 saturated carbocycles. The maximum absolute atomic E-state index is 11.3. The second-order valence-corrected chi connectivity index (χ2v) is 5.47. The lowest BCUT2D eigenvalue weighted by molar-refractivity contribution is -0.143. The molecular weight excluding hydrogens is 242 g/mol. The summed E-state index contributed by atoms with van der Waals surface area (Å²) in [6.45, 7) is 0.852. The minimum absolute atomic E-state index is 0.0198. The van der Waals surface area contributed by atoms with Crippen molar-refractivity contribution in [1.29, 1.82) is 0 Å². The Morgan fingerprint density at radius 1 is 1.37 bits per heavy atom. The Hall–Kier alpha value is -1.39. The smallest absolute Gasteiger partial charge is 0.310 e. The van der Waals surface area contributed by atoms with E-state index < -0.39 is 11.9 Å². The lowest BCUT2D eigenvalue weighted by atomic mass is 9.99. The minimum Gasteiger partial charge on any atom is -0.481 e. The van der Waals surface area contributed by atoms with Crippen molar-refractivity contribution in [2.45, 2.75) is 24.9 Å². The number of hydrogen-bond acceptors (Lipinski definition) is 3. The fraction of sp³-hybridized carbons (Fsp3) is 0.533. The van der Waals surface area contributed by atoms with Gasteiger partial charge in [0.25, 0.3) is 0 Å². The highest BCUT2D eigenvalue weighted by Gasteiger charge is 2.40. The van der Waals surface area contributed by atoms with Gasteiger partial charge in [-0.25, -0.2) is 0 Å². The maximum Gasteiger partial charge on any atom is 0.310 e. The average molecular weight is 261 g/mol. The van der Waals surface area contributed by atoms with Gasteiger partial charge in [0.2, 0.25) is 0 Å². The molecule has 1 fully saturated rings. The van der Waals surface area contributed by atoms with Crippen LogP contribution in [0.5, 0.6) is 0 Å². The van der Waals surface area contributed by atoms with E-state index in [0.717, 1.165) is 12.8 Å². The van der Waals surface area contributed by atoms with E-state index in [4.69, 9.17) is 4.74 Å². The molecule has 0 spiro atoms. The van der Waals surface area contributed by atoms with Crippen LogP contribution in [0.4, 0.5) is 0 Å². The zero-order valence-electron chi connectivity index (χ0n) is 11.1. The van der Waals surface area contributed by atoms with Gasteiger partial charge in [0.05, 0.1) is 19.1 Å². The Balaban J connectivity index is 1.82. The van der Waals surface area contributed by atoms with Crippen LogP contribution >= 0.6 is 0 Å². The fourth-order valence-corrected chi connectivity index (χ4v) is 3.37. The Morgan fingerprint density at radius 3 is 2.95 bits per heavy atom. The maximum atomic E-state index is 11.3. The summed E-state index contributed by atoms with van der Waals surface area (Å²) < 4.78 is 5.38. The van der Waals surface area contributed by atoms with Gasteiger partial charge >= 0.3 is 5.97 Å². The summed E-state index contributed by atoms with van der Waals surface area (Å²) in [6.07, 6.45) is 2.15. The standard InChI is InChI=1S/C15H19NO3/c1-16(14-9-19-8-12(14)15(17)18)13-7-6-10-4-2-3-5-11(10)13/h2-5,12-14H,6-9H2,1H3,(H,17,18). The molecule has 2 aliphatic rings. The summed E-state index contributed by atoms with van der Waals surface area (Å²) in [7, 11) is 2.03. The van der Waals surface area contributed by atoms with Crippen molar-refractivity contribution in [1.82, 2.24) is 4.90 Å². The van der Waals surface area contributed by atoms with Crippen LogP contribution in [0.1, 0.15) is 23.6 Å². The van der Waals surface area contributed by atoms with Crippen molar-refractivity contribution in [2.24, 2.45) is 5.92 Å². The molecule has 1 aliphatic carbocycles. The number of likely N-dealkylation sites (N-methyl/N-ethyl adjacent to an activating group) is 1. The van der Waals surface area contributed by atoms with Crippen LogP contribution in [0.25, 0.3) is 0 Å². The van der Waals surface area contributed by atoms with Crippen LogP contribution in [-0.2, 0) is 16.0 Å². The lowest BCUT2D eigenvalue weighted by Gasteiger charge is -2.32. The monoisotopic (exact) mass is 261 g/mol. The molecule has 3 atom stereocenters. The first-order valence-electron chi connectivity index (χ1n) is 6.79. The van der Waals surface area contributed by atoms with Crippen molar-refractivity contribution < 1.29 is 14.6 Å². The Labute approximate surface area is 113 Å². The van der Waals surface area contributed by atoms with E-state index >= 15 is 0 Å². The Morgan fingerprint density at radius 2 is 2.16 bits per heavy atom. The zero-order chi connectivity index (χ0) is 13.4. The minimum atomic E-state index is -0.749. The van der Waals surface area contributed by atoms with Crippen LogP contribution < -0.4 is 0 Å². The molecule has 3 rings (SSSR count). The number of benzene rings is 1. The second kappa shape index (κ2) is 4.94. The number of aryl methyl sites for hydroxylation is 1. The van der Waals surface area contributed by atoms with E-state index in [0.29, 0.717) is 19.3 Å². The summed E-state index contributed by atoms with van der Waals surface area (Å²) in [5.74, 6) is -1.15. The van der Waals surface area contributed by atoms with Gasteiger partial charge in [-0.15, -0.1) is 0 Å². The number of carboxylic acid groups (broad SMARTS) is 1. The molecule has 4 nitrogen and oxygen atoms in total. The highest BCUT2D eigenvalue weighted by molar-refractivity contribution is 5.71. The van der Waals surface area contributed by atoms with Gasteiger partial charge in [0.1, 0.15) is 0 Å². The molecule has 1 N–H and O–H groups in total. The van der Waals surface area contributed by atoms with Gasteiger partial charge in [-0.1, -0.05) is 24.3 Å². The van der Waals surface area contributed by atoms with E-state index in [-0.39, 0.29) is 6.04 Å². The number of carboxylic acids is 1. The van der Waals surface area contributed by atoms with Gasteiger partial charge in [-0.05, 0) is 31.0 Å². The quantitative estimate of drug-likeness (QED) is 0.900. The van der Waals surface area contributed by atoms with Crippen molar-refractivity contribution in [3.63, 3.8) is 0 Å². The van der Waals surface area contributed by atoms with Gasteiger partial charge in [0, 0.05) is 12.1 Å². The van der Waals surface area contributed by atoms with E-state index in [9.17, 15) is 9.90 Å². The first kappa shape index (κ1) is 12.6. The summed E-state index contributed by atoms with van der Waals surface area (Å²) in [6, 6.07) is 8.77. The van der Waals surface area contributed by atoms with Crippen LogP contribution in [0.3, 0.4) is 0 Å². The van der Waals surface area contributed by atoms with Crippen LogP contribution in [-0.4, -0.2) is 42.3 Å². The molecule has 102 valence electrons. The topological polar surface area (TPSA) is 49.8 Å². The molecular formula is C15H19NO3. The Kier molecular flexibility index (Phi) is 3.29. The normalized spacial score (nSPS) is 29.7. The average Bonchev–Trinajstić information content (AvgIpc) is 3.05. The van der Waals surface area contributed by atoms with Crippen molar-refractivity contribution in [2.75, 3.05) is 20.3 Å². The SMILES string of the molecule is CN(C1CCc2ccccc21)C1COCC1C(=O)O. The molecule has 19 heavy (non-hydrogen) atoms. The molecule has 1 aromatic rings. The lowest BCUT2D eigenvalue weighted by Crippen LogP contribution is -2.42. The highest BCUT2D eigenvalue weighted by atomic mass is 16.5. The summed E-state index contributed by atoms with van der Waals surface area (Å²) in [4.78, 5) is 13.5. The first-order valence-corrected chi connectivity index (χ1v) is 6.79. The predicted octanol–water partition coefficient (Wildman–Crippen LogP) is 1.71. The molecule has 0 aromatic heterocycles. The molecule has 0 amide bonds. The number of nitrogens with zero attached hydrogens (tertiary/aromatic N) is 1. The number of rotatable bonds is 3. The zero-order valence-corrected chi connectivity index (χ0v) is 11.1. The second-order valence-electron chi connectivity index (χ2n) is 5.47. The highest BCUT2D eigenvalue weighted by Crippen LogP contribution is 2.37. The van der Waals surface area contributed by atoms with Gasteiger partial charge < -0.3 is 9.84 Å². The fourth-order valence-electron chi connectivity index (χ4n) is 3.37. The van der Waals surface area contributed by atoms with Crippen molar-refractivity contribution in [3.8, 4) is 0 Å². The molecule has 1 saturated heterocycles. The third kappa shape index (κ3) is 2.15. The first-order chi connectivity index (χ1) is 9.18. The van der Waals surface area contributed by atoms with E-state index in [2.05, 4.69) is 29.2 Å². The summed E-state index contributed by atoms with van der Waals surface area (Å²) >= 11 is 0. The molecule has 4 heteroatoms. The summed E-state index contributed by atoms with van der Waals surface area (Å²) in [5.41, 5.74) is 2.74. The Bertz CT molecular complexity index is 488. The molecule has 1 aliphatic heterocycles. The van der Waals surface area contributed by atoms with Crippen LogP contribution in [0.15, 0.2) is 24.3 Å². The number of carbonyl (C=O) groups is 1. The third-order valence-electron chi connectivity index (χ3n) is 4.48. The van der Waals surface area contributed by atoms with Crippen molar-refractivity contribution >= 4 is 5.97 Å².